The van der Waals surface area contributed by atoms with E-state index in [1.165, 1.54) is 18.4 Å². The number of ether oxygens (including phenoxy) is 2. The van der Waals surface area contributed by atoms with E-state index < -0.39 is 6.04 Å². The Morgan fingerprint density at radius 3 is 2.94 bits per heavy atom. The Bertz CT molecular complexity index is 1200. The van der Waals surface area contributed by atoms with Gasteiger partial charge in [-0.25, -0.2) is 4.98 Å². The van der Waals surface area contributed by atoms with Crippen molar-refractivity contribution in [3.63, 3.8) is 0 Å². The highest BCUT2D eigenvalue weighted by Crippen LogP contribution is 2.25. The number of thiazole rings is 1. The lowest BCUT2D eigenvalue weighted by molar-refractivity contribution is -0.123. The van der Waals surface area contributed by atoms with Crippen LogP contribution in [0.5, 0.6) is 11.5 Å². The summed E-state index contributed by atoms with van der Waals surface area (Å²) in [7, 11) is 1.54. The molecule has 0 saturated heterocycles. The van der Waals surface area contributed by atoms with Gasteiger partial charge in [0.05, 0.1) is 24.9 Å². The molecule has 0 radical (unpaired) electrons. The Kier molecular flexibility index (Phi) is 7.31. The predicted octanol–water partition coefficient (Wildman–Crippen LogP) is 1.92. The number of hydrogen-bond acceptors (Lipinski definition) is 7. The summed E-state index contributed by atoms with van der Waals surface area (Å²) in [6, 6.07) is 4.28. The third-order valence-corrected chi connectivity index (χ3v) is 6.33. The van der Waals surface area contributed by atoms with Crippen molar-refractivity contribution in [3.05, 3.63) is 46.7 Å². The molecule has 1 aliphatic rings. The van der Waals surface area contributed by atoms with Gasteiger partial charge < -0.3 is 25.4 Å². The van der Waals surface area contributed by atoms with E-state index in [1.54, 1.807) is 35.7 Å². The summed E-state index contributed by atoms with van der Waals surface area (Å²) in [5.41, 5.74) is 1.44. The number of carbonyl (C=O) groups is 3. The van der Waals surface area contributed by atoms with Gasteiger partial charge in [-0.1, -0.05) is 0 Å². The number of hydrogen-bond donors (Lipinski definition) is 3. The molecule has 0 spiro atoms. The van der Waals surface area contributed by atoms with Crippen LogP contribution in [-0.2, 0) is 4.79 Å². The van der Waals surface area contributed by atoms with E-state index in [-0.39, 0.29) is 30.9 Å². The van der Waals surface area contributed by atoms with E-state index >= 15 is 0 Å². The molecule has 1 aliphatic heterocycles. The van der Waals surface area contributed by atoms with Crippen LogP contribution in [0, 0.1) is 6.92 Å². The number of nitrogens with one attached hydrogen (secondary N) is 3. The van der Waals surface area contributed by atoms with Gasteiger partial charge in [-0.2, -0.15) is 0 Å². The minimum Gasteiger partial charge on any atom is -0.497 e. The minimum absolute atomic E-state index is 0.150. The molecule has 3 N–H and O–H groups in total. The molecule has 0 unspecified atom stereocenters. The summed E-state index contributed by atoms with van der Waals surface area (Å²) >= 11 is 1.44. The largest absolute Gasteiger partial charge is 0.497 e. The van der Waals surface area contributed by atoms with Crippen LogP contribution in [0.2, 0.25) is 0 Å². The smallest absolute Gasteiger partial charge is 0.270 e. The second-order valence-electron chi connectivity index (χ2n) is 7.88. The van der Waals surface area contributed by atoms with Crippen LogP contribution >= 0.6 is 11.3 Å². The summed E-state index contributed by atoms with van der Waals surface area (Å²) in [6.07, 6.45) is 3.52. The van der Waals surface area contributed by atoms with Crippen molar-refractivity contribution in [1.82, 2.24) is 25.3 Å². The molecule has 3 aromatic rings. The number of benzene rings is 1. The minimum atomic E-state index is -0.720. The van der Waals surface area contributed by atoms with Crippen molar-refractivity contribution in [2.45, 2.75) is 32.2 Å². The van der Waals surface area contributed by atoms with Gasteiger partial charge in [-0.05, 0) is 38.3 Å². The van der Waals surface area contributed by atoms with Gasteiger partial charge in [0, 0.05) is 24.2 Å². The predicted molar refractivity (Wildman–Crippen MR) is 127 cm³/mol. The standard InChI is InChI=1S/C23H27N5O5S/c1-14-19(28-10-12-34-23(28)26-14)22(31)27-17-5-3-4-8-24-20(29)16-7-6-15(32-2)13-18(16)33-11-9-25-21(17)30/h6-7,10,12-13,17H,3-5,8-9,11H2,1-2H3,(H,24,29)(H,25,30)(H,27,31)/t17-/m0/s1. The highest BCUT2D eigenvalue weighted by atomic mass is 32.1. The van der Waals surface area contributed by atoms with Crippen LogP contribution in [0.1, 0.15) is 45.8 Å². The number of imidazole rings is 1. The van der Waals surface area contributed by atoms with Crippen molar-refractivity contribution in [2.24, 2.45) is 0 Å². The zero-order chi connectivity index (χ0) is 24.1. The van der Waals surface area contributed by atoms with Crippen LogP contribution in [-0.4, -0.2) is 60.0 Å². The van der Waals surface area contributed by atoms with Crippen LogP contribution < -0.4 is 25.4 Å². The molecule has 2 aromatic heterocycles. The Morgan fingerprint density at radius 2 is 2.12 bits per heavy atom. The average Bonchev–Trinajstić information content (AvgIpc) is 3.39. The molecule has 3 amide bonds. The maximum absolute atomic E-state index is 13.0. The molecule has 1 atom stereocenters. The lowest BCUT2D eigenvalue weighted by Crippen LogP contribution is -2.48. The highest BCUT2D eigenvalue weighted by molar-refractivity contribution is 7.15. The summed E-state index contributed by atoms with van der Waals surface area (Å²) in [5.74, 6) is 0.0702. The molecule has 0 aliphatic carbocycles. The Balaban J connectivity index is 1.46. The summed E-state index contributed by atoms with van der Waals surface area (Å²) in [6.45, 7) is 2.57. The third-order valence-electron chi connectivity index (χ3n) is 5.57. The van der Waals surface area contributed by atoms with Crippen LogP contribution in [0.25, 0.3) is 4.96 Å². The first-order valence-corrected chi connectivity index (χ1v) is 12.0. The van der Waals surface area contributed by atoms with Crippen molar-refractivity contribution < 1.29 is 23.9 Å². The molecule has 3 heterocycles. The first-order chi connectivity index (χ1) is 16.5. The van der Waals surface area contributed by atoms with Crippen LogP contribution in [0.3, 0.4) is 0 Å². The van der Waals surface area contributed by atoms with Gasteiger partial charge in [0.25, 0.3) is 11.8 Å². The molecule has 0 saturated carbocycles. The normalized spacial score (nSPS) is 17.6. The van der Waals surface area contributed by atoms with E-state index in [4.69, 9.17) is 9.47 Å². The summed E-state index contributed by atoms with van der Waals surface area (Å²) in [4.78, 5) is 43.7. The molecule has 34 heavy (non-hydrogen) atoms. The number of rotatable bonds is 3. The monoisotopic (exact) mass is 485 g/mol. The molecule has 0 bridgehead atoms. The molecular weight excluding hydrogens is 458 g/mol. The first-order valence-electron chi connectivity index (χ1n) is 11.1. The maximum atomic E-state index is 13.0. The number of aryl methyl sites for hydroxylation is 1. The second-order valence-corrected chi connectivity index (χ2v) is 8.75. The van der Waals surface area contributed by atoms with Gasteiger partial charge in [-0.3, -0.25) is 18.8 Å². The van der Waals surface area contributed by atoms with Gasteiger partial charge >= 0.3 is 0 Å². The Labute approximate surface area is 200 Å². The first kappa shape index (κ1) is 23.6. The number of methoxy groups -OCH3 is 1. The van der Waals surface area contributed by atoms with Gasteiger partial charge in [0.1, 0.15) is 29.8 Å². The highest BCUT2D eigenvalue weighted by Gasteiger charge is 2.25. The van der Waals surface area contributed by atoms with Crippen molar-refractivity contribution >= 4 is 34.0 Å². The zero-order valence-electron chi connectivity index (χ0n) is 19.1. The second kappa shape index (κ2) is 10.6. The van der Waals surface area contributed by atoms with Crippen LogP contribution in [0.15, 0.2) is 29.8 Å². The molecule has 11 heteroatoms. The number of carbonyl (C=O) groups excluding carboxylic acids is 3. The average molecular weight is 486 g/mol. The fourth-order valence-electron chi connectivity index (χ4n) is 3.83. The summed E-state index contributed by atoms with van der Waals surface area (Å²) in [5, 5.41) is 10.4. The number of nitrogens with zero attached hydrogens (tertiary/aromatic N) is 2. The molecule has 10 nitrogen and oxygen atoms in total. The topological polar surface area (TPSA) is 123 Å². The molecule has 4 rings (SSSR count). The Hall–Kier alpha value is -3.60. The number of fused-ring (bicyclic) bond motifs is 2. The fourth-order valence-corrected chi connectivity index (χ4v) is 4.59. The van der Waals surface area contributed by atoms with Crippen LogP contribution in [0.4, 0.5) is 0 Å². The van der Waals surface area contributed by atoms with Gasteiger partial charge in [-0.15, -0.1) is 11.3 Å². The molecule has 1 aromatic carbocycles. The SMILES string of the molecule is COc1ccc2c(c1)OCCNC(=O)[C@@H](NC(=O)c1c(C)nc3sccn13)CCCCNC2=O. The molecule has 0 fully saturated rings. The van der Waals surface area contributed by atoms with E-state index in [2.05, 4.69) is 20.9 Å². The number of aromatic nitrogens is 2. The Morgan fingerprint density at radius 1 is 1.26 bits per heavy atom. The van der Waals surface area contributed by atoms with E-state index in [0.29, 0.717) is 54.3 Å². The maximum Gasteiger partial charge on any atom is 0.270 e. The van der Waals surface area contributed by atoms with Gasteiger partial charge in [0.15, 0.2) is 4.96 Å². The third kappa shape index (κ3) is 5.14. The van der Waals surface area contributed by atoms with Gasteiger partial charge in [0.2, 0.25) is 5.91 Å². The quantitative estimate of drug-likeness (QED) is 0.521. The van der Waals surface area contributed by atoms with Crippen molar-refractivity contribution in [2.75, 3.05) is 26.8 Å². The lowest BCUT2D eigenvalue weighted by Gasteiger charge is -2.20. The van der Waals surface area contributed by atoms with E-state index in [0.717, 1.165) is 4.96 Å². The zero-order valence-corrected chi connectivity index (χ0v) is 19.9. The lowest BCUT2D eigenvalue weighted by atomic mass is 10.1. The van der Waals surface area contributed by atoms with Crippen molar-refractivity contribution in [3.8, 4) is 11.5 Å². The van der Waals surface area contributed by atoms with E-state index in [1.807, 2.05) is 5.38 Å². The van der Waals surface area contributed by atoms with Crippen molar-refractivity contribution in [1.29, 1.82) is 0 Å². The molecule has 180 valence electrons. The summed E-state index contributed by atoms with van der Waals surface area (Å²) < 4.78 is 12.7. The number of amides is 3. The fraction of sp³-hybridized carbons (Fsp3) is 0.391. The molecular formula is C23H27N5O5S. The van der Waals surface area contributed by atoms with E-state index in [9.17, 15) is 14.4 Å².